The Labute approximate surface area is 154 Å². The third-order valence-electron chi connectivity index (χ3n) is 4.52. The summed E-state index contributed by atoms with van der Waals surface area (Å²) in [7, 11) is 0. The maximum atomic E-state index is 13.0. The number of benzene rings is 1. The number of hydrogen-bond acceptors (Lipinski definition) is 3. The van der Waals surface area contributed by atoms with Crippen LogP contribution in [0.25, 0.3) is 0 Å². The van der Waals surface area contributed by atoms with E-state index >= 15 is 0 Å². The Balaban J connectivity index is 1.92. The molecule has 6 nitrogen and oxygen atoms in total. The minimum Gasteiger partial charge on any atom is -0.481 e. The zero-order valence-electron chi connectivity index (χ0n) is 14.6. The van der Waals surface area contributed by atoms with E-state index < -0.39 is 41.6 Å². The summed E-state index contributed by atoms with van der Waals surface area (Å²) in [6, 6.07) is 4.39. The van der Waals surface area contributed by atoms with Crippen molar-refractivity contribution in [3.05, 3.63) is 35.4 Å². The van der Waals surface area contributed by atoms with Gasteiger partial charge in [-0.2, -0.15) is 13.2 Å². The van der Waals surface area contributed by atoms with Crippen LogP contribution in [-0.2, 0) is 15.8 Å². The predicted molar refractivity (Wildman–Crippen MR) is 90.0 cm³/mol. The van der Waals surface area contributed by atoms with E-state index in [0.717, 1.165) is 25.0 Å². The number of likely N-dealkylation sites (tertiary alicyclic amines) is 1. The van der Waals surface area contributed by atoms with Gasteiger partial charge in [0.2, 0.25) is 5.91 Å². The van der Waals surface area contributed by atoms with Crippen LogP contribution >= 0.6 is 0 Å². The highest BCUT2D eigenvalue weighted by Crippen LogP contribution is 2.31. The first-order valence-electron chi connectivity index (χ1n) is 8.62. The molecule has 0 radical (unpaired) electrons. The molecule has 0 spiro atoms. The van der Waals surface area contributed by atoms with E-state index in [9.17, 15) is 27.6 Å². The molecule has 1 fully saturated rings. The van der Waals surface area contributed by atoms with Crippen molar-refractivity contribution >= 4 is 17.8 Å². The summed E-state index contributed by atoms with van der Waals surface area (Å²) in [5, 5.41) is 11.0. The number of alkyl halides is 3. The van der Waals surface area contributed by atoms with Crippen molar-refractivity contribution in [2.75, 3.05) is 19.6 Å². The van der Waals surface area contributed by atoms with Gasteiger partial charge in [0.25, 0.3) is 5.91 Å². The maximum Gasteiger partial charge on any atom is 0.417 e. The number of carbonyl (C=O) groups is 3. The molecule has 0 aromatic heterocycles. The van der Waals surface area contributed by atoms with Gasteiger partial charge in [-0.15, -0.1) is 0 Å². The smallest absolute Gasteiger partial charge is 0.417 e. The molecule has 0 bridgehead atoms. The average molecular weight is 386 g/mol. The third-order valence-corrected chi connectivity index (χ3v) is 4.52. The molecule has 27 heavy (non-hydrogen) atoms. The number of nitrogens with one attached hydrogen (secondary N) is 1. The van der Waals surface area contributed by atoms with Gasteiger partial charge >= 0.3 is 12.1 Å². The van der Waals surface area contributed by atoms with Crippen LogP contribution in [0.1, 0.15) is 41.6 Å². The molecule has 2 rings (SSSR count). The zero-order valence-corrected chi connectivity index (χ0v) is 14.6. The first kappa shape index (κ1) is 20.7. The molecular weight excluding hydrogens is 365 g/mol. The number of nitrogens with zero attached hydrogens (tertiary/aromatic N) is 1. The fraction of sp³-hybridized carbons (Fsp3) is 0.500. The van der Waals surface area contributed by atoms with Gasteiger partial charge in [-0.05, 0) is 37.3 Å². The second-order valence-corrected chi connectivity index (χ2v) is 6.51. The predicted octanol–water partition coefficient (Wildman–Crippen LogP) is 2.54. The molecule has 1 atom stereocenters. The summed E-state index contributed by atoms with van der Waals surface area (Å²) >= 11 is 0. The van der Waals surface area contributed by atoms with Crippen LogP contribution < -0.4 is 5.32 Å². The molecule has 1 aromatic carbocycles. The van der Waals surface area contributed by atoms with Gasteiger partial charge in [0.15, 0.2) is 0 Å². The van der Waals surface area contributed by atoms with Crippen LogP contribution in [0.4, 0.5) is 13.2 Å². The monoisotopic (exact) mass is 386 g/mol. The van der Waals surface area contributed by atoms with Gasteiger partial charge in [-0.1, -0.05) is 12.1 Å². The molecule has 9 heteroatoms. The van der Waals surface area contributed by atoms with Gasteiger partial charge in [-0.25, -0.2) is 0 Å². The van der Waals surface area contributed by atoms with Crippen molar-refractivity contribution < 1.29 is 32.7 Å². The summed E-state index contributed by atoms with van der Waals surface area (Å²) < 4.78 is 38.9. The number of amides is 2. The van der Waals surface area contributed by atoms with Gasteiger partial charge in [0.05, 0.1) is 17.7 Å². The number of rotatable bonds is 6. The lowest BCUT2D eigenvalue weighted by molar-refractivity contribution is -0.138. The lowest BCUT2D eigenvalue weighted by Crippen LogP contribution is -2.45. The summed E-state index contributed by atoms with van der Waals surface area (Å²) in [6.07, 6.45) is -2.63. The Kier molecular flexibility index (Phi) is 6.81. The van der Waals surface area contributed by atoms with Gasteiger partial charge in [0, 0.05) is 19.5 Å². The van der Waals surface area contributed by atoms with Gasteiger partial charge in [-0.3, -0.25) is 14.4 Å². The van der Waals surface area contributed by atoms with Crippen LogP contribution in [0.2, 0.25) is 0 Å². The summed E-state index contributed by atoms with van der Waals surface area (Å²) in [4.78, 5) is 36.5. The number of halogens is 3. The Morgan fingerprint density at radius 2 is 1.93 bits per heavy atom. The normalized spacial score (nSPS) is 17.4. The fourth-order valence-corrected chi connectivity index (χ4v) is 3.15. The second kappa shape index (κ2) is 8.88. The van der Waals surface area contributed by atoms with Crippen LogP contribution in [0.3, 0.4) is 0 Å². The average Bonchev–Trinajstić information content (AvgIpc) is 2.63. The molecule has 1 saturated heterocycles. The molecule has 1 aromatic rings. The van der Waals surface area contributed by atoms with Crippen molar-refractivity contribution in [1.82, 2.24) is 10.2 Å². The summed E-state index contributed by atoms with van der Waals surface area (Å²) in [5.74, 6) is -2.18. The number of hydrogen-bond donors (Lipinski definition) is 2. The molecule has 0 aliphatic carbocycles. The lowest BCUT2D eigenvalue weighted by atomic mass is 9.93. The Morgan fingerprint density at radius 3 is 2.59 bits per heavy atom. The van der Waals surface area contributed by atoms with Crippen LogP contribution in [0, 0.1) is 5.92 Å². The molecule has 1 unspecified atom stereocenters. The van der Waals surface area contributed by atoms with Crippen LogP contribution in [0.5, 0.6) is 0 Å². The van der Waals surface area contributed by atoms with Crippen molar-refractivity contribution in [3.8, 4) is 0 Å². The van der Waals surface area contributed by atoms with E-state index in [2.05, 4.69) is 5.32 Å². The molecule has 0 saturated carbocycles. The number of piperidine rings is 1. The van der Waals surface area contributed by atoms with E-state index in [1.807, 2.05) is 0 Å². The van der Waals surface area contributed by atoms with Crippen LogP contribution in [0.15, 0.2) is 24.3 Å². The SMILES string of the molecule is O=C(O)CCC1CCCN(C(=O)CNC(=O)c2ccccc2C(F)(F)F)C1. The van der Waals surface area contributed by atoms with E-state index in [4.69, 9.17) is 5.11 Å². The molecule has 1 heterocycles. The number of carboxylic acids is 1. The van der Waals surface area contributed by atoms with Gasteiger partial charge < -0.3 is 15.3 Å². The second-order valence-electron chi connectivity index (χ2n) is 6.51. The number of carbonyl (C=O) groups excluding carboxylic acids is 2. The standard InChI is InChI=1S/C18H21F3N2O4/c19-18(20,21)14-6-2-1-5-13(14)17(27)22-10-15(24)23-9-3-4-12(11-23)7-8-16(25)26/h1-2,5-6,12H,3-4,7-11H2,(H,22,27)(H,25,26). The molecule has 2 amide bonds. The Bertz CT molecular complexity index is 706. The zero-order chi connectivity index (χ0) is 20.0. The molecule has 1 aliphatic rings. The highest BCUT2D eigenvalue weighted by molar-refractivity contribution is 5.97. The van der Waals surface area contributed by atoms with E-state index in [1.54, 1.807) is 0 Å². The first-order chi connectivity index (χ1) is 12.7. The van der Waals surface area contributed by atoms with Crippen molar-refractivity contribution in [1.29, 1.82) is 0 Å². The lowest BCUT2D eigenvalue weighted by Gasteiger charge is -2.32. The fourth-order valence-electron chi connectivity index (χ4n) is 3.15. The van der Waals surface area contributed by atoms with Crippen LogP contribution in [-0.4, -0.2) is 47.4 Å². The third kappa shape index (κ3) is 5.97. The molecule has 1 aliphatic heterocycles. The molecule has 2 N–H and O–H groups in total. The molecule has 148 valence electrons. The Hall–Kier alpha value is -2.58. The minimum absolute atomic E-state index is 0.0255. The van der Waals surface area contributed by atoms with Crippen molar-refractivity contribution in [2.24, 2.45) is 5.92 Å². The summed E-state index contributed by atoms with van der Waals surface area (Å²) in [6.45, 7) is 0.467. The highest BCUT2D eigenvalue weighted by atomic mass is 19.4. The minimum atomic E-state index is -4.66. The number of carboxylic acid groups (broad SMARTS) is 1. The van der Waals surface area contributed by atoms with Gasteiger partial charge in [0.1, 0.15) is 0 Å². The first-order valence-corrected chi connectivity index (χ1v) is 8.62. The molecular formula is C18H21F3N2O4. The quantitative estimate of drug-likeness (QED) is 0.787. The topological polar surface area (TPSA) is 86.7 Å². The highest BCUT2D eigenvalue weighted by Gasteiger charge is 2.35. The van der Waals surface area contributed by atoms with Crippen molar-refractivity contribution in [2.45, 2.75) is 31.9 Å². The largest absolute Gasteiger partial charge is 0.481 e. The van der Waals surface area contributed by atoms with E-state index in [-0.39, 0.29) is 12.3 Å². The van der Waals surface area contributed by atoms with Crippen molar-refractivity contribution in [3.63, 3.8) is 0 Å². The maximum absolute atomic E-state index is 13.0. The van der Waals surface area contributed by atoms with E-state index in [1.165, 1.54) is 17.0 Å². The number of aliphatic carboxylic acids is 1. The Morgan fingerprint density at radius 1 is 1.22 bits per heavy atom. The summed E-state index contributed by atoms with van der Waals surface area (Å²) in [5.41, 5.74) is -1.59. The van der Waals surface area contributed by atoms with E-state index in [0.29, 0.717) is 19.5 Å².